The second kappa shape index (κ2) is 8.62. The van der Waals surface area contributed by atoms with E-state index in [4.69, 9.17) is 4.98 Å². The van der Waals surface area contributed by atoms with E-state index in [0.717, 1.165) is 39.5 Å². The molecule has 0 N–H and O–H groups in total. The highest BCUT2D eigenvalue weighted by Crippen LogP contribution is 2.34. The third kappa shape index (κ3) is 4.15. The molecule has 0 aliphatic heterocycles. The number of thiophene rings is 1. The molecule has 3 aromatic rings. The van der Waals surface area contributed by atoms with E-state index in [9.17, 15) is 9.59 Å². The molecule has 0 fully saturated rings. The van der Waals surface area contributed by atoms with Crippen LogP contribution >= 0.6 is 39.0 Å². The van der Waals surface area contributed by atoms with Crippen molar-refractivity contribution in [2.45, 2.75) is 37.4 Å². The first-order valence-corrected chi connectivity index (χ1v) is 12.2. The molecule has 4 rings (SSSR count). The Kier molecular flexibility index (Phi) is 6.13. The minimum absolute atomic E-state index is 0.00516. The molecule has 8 heteroatoms. The summed E-state index contributed by atoms with van der Waals surface area (Å²) >= 11 is 6.50. The largest absolute Gasteiger partial charge is 0.341 e. The summed E-state index contributed by atoms with van der Waals surface area (Å²) in [6, 6.07) is 7.88. The molecule has 1 amide bonds. The van der Waals surface area contributed by atoms with Crippen molar-refractivity contribution >= 4 is 55.2 Å². The molecule has 1 aliphatic carbocycles. The number of nitrogens with zero attached hydrogens (tertiary/aromatic N) is 3. The van der Waals surface area contributed by atoms with Gasteiger partial charge in [-0.25, -0.2) is 4.98 Å². The molecule has 1 aromatic carbocycles. The molecule has 0 bridgehead atoms. The summed E-state index contributed by atoms with van der Waals surface area (Å²) in [5.74, 6) is 0.253. The second-order valence-corrected chi connectivity index (χ2v) is 10.2. The molecule has 0 spiro atoms. The van der Waals surface area contributed by atoms with E-state index in [1.807, 2.05) is 24.3 Å². The number of carbonyl (C=O) groups excluding carboxylic acids is 1. The number of fused-ring (bicyclic) bond motifs is 3. The number of benzene rings is 1. The van der Waals surface area contributed by atoms with Crippen molar-refractivity contribution in [2.75, 3.05) is 12.8 Å². The number of hydrogen-bond donors (Lipinski definition) is 0. The van der Waals surface area contributed by atoms with Crippen molar-refractivity contribution in [3.63, 3.8) is 0 Å². The zero-order valence-electron chi connectivity index (χ0n) is 16.4. The van der Waals surface area contributed by atoms with Gasteiger partial charge in [0.25, 0.3) is 5.56 Å². The predicted molar refractivity (Wildman–Crippen MR) is 123 cm³/mol. The highest BCUT2D eigenvalue weighted by atomic mass is 79.9. The van der Waals surface area contributed by atoms with Crippen LogP contribution in [-0.4, -0.2) is 33.2 Å². The Labute approximate surface area is 186 Å². The summed E-state index contributed by atoms with van der Waals surface area (Å²) in [5, 5.41) is 1.39. The van der Waals surface area contributed by atoms with E-state index in [1.54, 1.807) is 34.9 Å². The van der Waals surface area contributed by atoms with Crippen molar-refractivity contribution in [1.29, 1.82) is 0 Å². The van der Waals surface area contributed by atoms with Crippen molar-refractivity contribution in [3.05, 3.63) is 55.1 Å². The number of halogens is 1. The number of amides is 1. The Balaban J connectivity index is 1.51. The Morgan fingerprint density at radius 3 is 2.86 bits per heavy atom. The average molecular weight is 492 g/mol. The van der Waals surface area contributed by atoms with Crippen LogP contribution in [0.4, 0.5) is 0 Å². The number of rotatable bonds is 5. The molecule has 1 aliphatic rings. The summed E-state index contributed by atoms with van der Waals surface area (Å²) in [6.45, 7) is 0.532. The highest BCUT2D eigenvalue weighted by molar-refractivity contribution is 9.10. The predicted octanol–water partition coefficient (Wildman–Crippen LogP) is 4.39. The summed E-state index contributed by atoms with van der Waals surface area (Å²) in [5.41, 5.74) is 2.26. The fraction of sp³-hybridized carbons (Fsp3) is 0.381. The number of carbonyl (C=O) groups is 1. The van der Waals surface area contributed by atoms with E-state index < -0.39 is 0 Å². The van der Waals surface area contributed by atoms with Gasteiger partial charge in [-0.1, -0.05) is 45.9 Å². The van der Waals surface area contributed by atoms with Gasteiger partial charge < -0.3 is 4.90 Å². The van der Waals surface area contributed by atoms with Crippen LogP contribution in [0, 0.1) is 0 Å². The molecule has 5 nitrogen and oxygen atoms in total. The summed E-state index contributed by atoms with van der Waals surface area (Å²) in [6.07, 6.45) is 4.33. The van der Waals surface area contributed by atoms with Gasteiger partial charge in [0.15, 0.2) is 5.16 Å². The summed E-state index contributed by atoms with van der Waals surface area (Å²) < 4.78 is 2.58. The van der Waals surface area contributed by atoms with Gasteiger partial charge in [-0.2, -0.15) is 0 Å². The third-order valence-corrected chi connectivity index (χ3v) is 8.25. The first-order valence-electron chi connectivity index (χ1n) is 9.57. The van der Waals surface area contributed by atoms with Gasteiger partial charge in [0.05, 0.1) is 11.1 Å². The topological polar surface area (TPSA) is 55.2 Å². The van der Waals surface area contributed by atoms with E-state index in [0.29, 0.717) is 11.7 Å². The van der Waals surface area contributed by atoms with Gasteiger partial charge in [-0.15, -0.1) is 11.3 Å². The average Bonchev–Trinajstić information content (AvgIpc) is 3.09. The zero-order valence-corrected chi connectivity index (χ0v) is 19.6. The van der Waals surface area contributed by atoms with Crippen molar-refractivity contribution < 1.29 is 4.79 Å². The normalized spacial score (nSPS) is 13.5. The third-order valence-electron chi connectivity index (χ3n) is 5.27. The quantitative estimate of drug-likeness (QED) is 0.392. The fourth-order valence-electron chi connectivity index (χ4n) is 3.60. The maximum atomic E-state index is 13.0. The number of aryl methyl sites for hydroxylation is 2. The van der Waals surface area contributed by atoms with Gasteiger partial charge >= 0.3 is 0 Å². The smallest absolute Gasteiger partial charge is 0.262 e. The Morgan fingerprint density at radius 2 is 2.07 bits per heavy atom. The lowest BCUT2D eigenvalue weighted by molar-refractivity contribution is -0.127. The van der Waals surface area contributed by atoms with E-state index in [1.165, 1.54) is 28.6 Å². The number of aromatic nitrogens is 2. The Hall–Kier alpha value is -1.64. The van der Waals surface area contributed by atoms with Crippen LogP contribution in [0.1, 0.15) is 28.8 Å². The number of hydrogen-bond acceptors (Lipinski definition) is 5. The fourth-order valence-corrected chi connectivity index (χ4v) is 6.23. The monoisotopic (exact) mass is 491 g/mol. The van der Waals surface area contributed by atoms with Crippen molar-refractivity contribution in [2.24, 2.45) is 7.05 Å². The van der Waals surface area contributed by atoms with Crippen LogP contribution in [0.2, 0.25) is 0 Å². The van der Waals surface area contributed by atoms with Crippen LogP contribution in [0.15, 0.2) is 38.7 Å². The van der Waals surface area contributed by atoms with E-state index >= 15 is 0 Å². The molecular weight excluding hydrogens is 470 g/mol. The Bertz CT molecular complexity index is 1140. The van der Waals surface area contributed by atoms with Crippen LogP contribution in [-0.2, 0) is 31.2 Å². The molecule has 0 saturated carbocycles. The maximum Gasteiger partial charge on any atom is 0.262 e. The van der Waals surface area contributed by atoms with Crippen LogP contribution < -0.4 is 5.56 Å². The standard InChI is InChI=1S/C21H22BrN3O2S2/c1-24(11-13-7-3-5-9-15(13)22)17(26)12-28-21-23-19-18(20(27)25(21)2)14-8-4-6-10-16(14)29-19/h3,5,7,9H,4,6,8,10-12H2,1-2H3. The lowest BCUT2D eigenvalue weighted by Crippen LogP contribution is -2.28. The molecule has 152 valence electrons. The van der Waals surface area contributed by atoms with E-state index in [-0.39, 0.29) is 17.2 Å². The lowest BCUT2D eigenvalue weighted by atomic mass is 9.97. The van der Waals surface area contributed by atoms with Gasteiger partial charge in [-0.05, 0) is 42.9 Å². The highest BCUT2D eigenvalue weighted by Gasteiger charge is 2.22. The summed E-state index contributed by atoms with van der Waals surface area (Å²) in [4.78, 5) is 34.1. The van der Waals surface area contributed by atoms with Gasteiger partial charge in [-0.3, -0.25) is 14.2 Å². The van der Waals surface area contributed by atoms with Gasteiger partial charge in [0.2, 0.25) is 5.91 Å². The van der Waals surface area contributed by atoms with E-state index in [2.05, 4.69) is 15.9 Å². The van der Waals surface area contributed by atoms with Gasteiger partial charge in [0.1, 0.15) is 4.83 Å². The van der Waals surface area contributed by atoms with Gasteiger partial charge in [0, 0.05) is 30.0 Å². The minimum atomic E-state index is 0.00516. The first-order chi connectivity index (χ1) is 14.0. The zero-order chi connectivity index (χ0) is 20.5. The molecule has 0 saturated heterocycles. The molecule has 2 aromatic heterocycles. The van der Waals surface area contributed by atoms with Crippen LogP contribution in [0.25, 0.3) is 10.2 Å². The summed E-state index contributed by atoms with van der Waals surface area (Å²) in [7, 11) is 3.55. The molecular formula is C21H22BrN3O2S2. The number of thioether (sulfide) groups is 1. The maximum absolute atomic E-state index is 13.0. The van der Waals surface area contributed by atoms with Crippen molar-refractivity contribution in [3.8, 4) is 0 Å². The SMILES string of the molecule is CN(Cc1ccccc1Br)C(=O)CSc1nc2sc3c(c2c(=O)n1C)CCCC3. The Morgan fingerprint density at radius 1 is 1.31 bits per heavy atom. The molecule has 2 heterocycles. The molecule has 0 unspecified atom stereocenters. The van der Waals surface area contributed by atoms with Crippen LogP contribution in [0.5, 0.6) is 0 Å². The molecule has 0 atom stereocenters. The minimum Gasteiger partial charge on any atom is -0.341 e. The molecule has 0 radical (unpaired) electrons. The lowest BCUT2D eigenvalue weighted by Gasteiger charge is -2.18. The first kappa shape index (κ1) is 20.6. The van der Waals surface area contributed by atoms with Crippen LogP contribution in [0.3, 0.4) is 0 Å². The second-order valence-electron chi connectivity index (χ2n) is 7.28. The van der Waals surface area contributed by atoms with Crippen molar-refractivity contribution in [1.82, 2.24) is 14.5 Å². The molecule has 29 heavy (non-hydrogen) atoms.